The minimum Gasteiger partial charge on any atom is -0.505 e. The van der Waals surface area contributed by atoms with Gasteiger partial charge in [0.05, 0.1) is 12.2 Å². The molecule has 0 aliphatic carbocycles. The van der Waals surface area contributed by atoms with Gasteiger partial charge in [0.2, 0.25) is 12.7 Å². The molecular weight excluding hydrogens is 354 g/mol. The van der Waals surface area contributed by atoms with E-state index < -0.39 is 0 Å². The summed E-state index contributed by atoms with van der Waals surface area (Å²) in [6.45, 7) is 2.62. The van der Waals surface area contributed by atoms with Crippen molar-refractivity contribution >= 4 is 22.4 Å². The lowest BCUT2D eigenvalue weighted by Crippen LogP contribution is -2.30. The molecule has 1 aliphatic rings. The molecule has 1 N–H and O–H groups in total. The molecule has 0 bridgehead atoms. The lowest BCUT2D eigenvalue weighted by molar-refractivity contribution is -0.118. The summed E-state index contributed by atoms with van der Waals surface area (Å²) in [5.74, 6) is 1.51. The quantitative estimate of drug-likeness (QED) is 0.657. The highest BCUT2D eigenvalue weighted by atomic mass is 16.7. The van der Waals surface area contributed by atoms with Crippen LogP contribution in [0.15, 0.2) is 54.6 Å². The van der Waals surface area contributed by atoms with Crippen molar-refractivity contribution in [1.29, 1.82) is 0 Å². The van der Waals surface area contributed by atoms with E-state index in [0.29, 0.717) is 30.2 Å². The molecule has 0 aromatic heterocycles. The van der Waals surface area contributed by atoms with Crippen molar-refractivity contribution in [2.45, 2.75) is 32.7 Å². The molecular formula is C23H23NO4. The topological polar surface area (TPSA) is 59.0 Å². The lowest BCUT2D eigenvalue weighted by atomic mass is 10.1. The maximum absolute atomic E-state index is 13.0. The number of unbranched alkanes of at least 4 members (excludes halogenated alkanes) is 1. The van der Waals surface area contributed by atoms with E-state index in [1.807, 2.05) is 54.6 Å². The third-order valence-corrected chi connectivity index (χ3v) is 4.99. The van der Waals surface area contributed by atoms with Crippen molar-refractivity contribution in [3.8, 4) is 17.2 Å². The van der Waals surface area contributed by atoms with Crippen LogP contribution in [0.4, 0.5) is 5.69 Å². The van der Waals surface area contributed by atoms with E-state index in [2.05, 4.69) is 6.92 Å². The molecule has 0 unspecified atom stereocenters. The number of fused-ring (bicyclic) bond motifs is 2. The number of hydrogen-bond acceptors (Lipinski definition) is 4. The molecule has 1 amide bonds. The number of ether oxygens (including phenoxy) is 2. The second kappa shape index (κ2) is 7.80. The third-order valence-electron chi connectivity index (χ3n) is 4.99. The highest BCUT2D eigenvalue weighted by Crippen LogP contribution is 2.37. The second-order valence-electron chi connectivity index (χ2n) is 6.93. The molecule has 5 nitrogen and oxygen atoms in total. The van der Waals surface area contributed by atoms with Gasteiger partial charge < -0.3 is 19.5 Å². The molecule has 5 heteroatoms. The van der Waals surface area contributed by atoms with Gasteiger partial charge in [0.1, 0.15) is 5.75 Å². The molecule has 3 aromatic carbocycles. The monoisotopic (exact) mass is 377 g/mol. The number of nitrogens with zero attached hydrogens (tertiary/aromatic N) is 1. The van der Waals surface area contributed by atoms with E-state index in [9.17, 15) is 9.90 Å². The van der Waals surface area contributed by atoms with Crippen molar-refractivity contribution in [3.05, 3.63) is 60.2 Å². The molecule has 0 radical (unpaired) electrons. The molecule has 3 aromatic rings. The minimum absolute atomic E-state index is 0.00917. The summed E-state index contributed by atoms with van der Waals surface area (Å²) >= 11 is 0. The predicted molar refractivity (Wildman–Crippen MR) is 109 cm³/mol. The van der Waals surface area contributed by atoms with Gasteiger partial charge in [0.25, 0.3) is 0 Å². The van der Waals surface area contributed by atoms with Gasteiger partial charge >= 0.3 is 0 Å². The van der Waals surface area contributed by atoms with E-state index in [1.165, 1.54) is 0 Å². The Kier molecular flexibility index (Phi) is 5.06. The Bertz CT molecular complexity index is 1010. The van der Waals surface area contributed by atoms with Gasteiger partial charge in [-0.1, -0.05) is 49.7 Å². The average molecular weight is 377 g/mol. The fourth-order valence-corrected chi connectivity index (χ4v) is 3.45. The summed E-state index contributed by atoms with van der Waals surface area (Å²) in [5.41, 5.74) is 1.44. The van der Waals surface area contributed by atoms with Gasteiger partial charge in [-0.2, -0.15) is 0 Å². The smallest absolute Gasteiger partial charge is 0.231 e. The Morgan fingerprint density at radius 3 is 2.75 bits per heavy atom. The van der Waals surface area contributed by atoms with Crippen LogP contribution in [0.3, 0.4) is 0 Å². The number of aromatic hydroxyl groups is 1. The van der Waals surface area contributed by atoms with Gasteiger partial charge in [0, 0.05) is 11.8 Å². The first-order valence-corrected chi connectivity index (χ1v) is 9.57. The zero-order valence-corrected chi connectivity index (χ0v) is 15.9. The van der Waals surface area contributed by atoms with Crippen LogP contribution in [0.5, 0.6) is 17.2 Å². The number of carbonyl (C=O) groups excluding carboxylic acids is 1. The number of hydrogen-bond donors (Lipinski definition) is 1. The number of benzene rings is 3. The van der Waals surface area contributed by atoms with Crippen molar-refractivity contribution < 1.29 is 19.4 Å². The number of rotatable bonds is 6. The summed E-state index contributed by atoms with van der Waals surface area (Å²) in [5, 5.41) is 12.6. The van der Waals surface area contributed by atoms with Gasteiger partial charge in [-0.15, -0.1) is 0 Å². The van der Waals surface area contributed by atoms with Crippen molar-refractivity contribution in [2.24, 2.45) is 0 Å². The Labute approximate surface area is 164 Å². The zero-order chi connectivity index (χ0) is 19.5. The molecule has 0 saturated heterocycles. The van der Waals surface area contributed by atoms with Crippen LogP contribution in [0, 0.1) is 0 Å². The predicted octanol–water partition coefficient (Wildman–Crippen LogP) is 5.00. The molecule has 1 aliphatic heterocycles. The van der Waals surface area contributed by atoms with E-state index in [1.54, 1.807) is 4.90 Å². The van der Waals surface area contributed by atoms with Crippen LogP contribution < -0.4 is 14.4 Å². The second-order valence-corrected chi connectivity index (χ2v) is 6.93. The maximum atomic E-state index is 13.0. The lowest BCUT2D eigenvalue weighted by Gasteiger charge is -2.25. The third kappa shape index (κ3) is 3.48. The number of amides is 1. The fourth-order valence-electron chi connectivity index (χ4n) is 3.45. The number of phenols is 1. The van der Waals surface area contributed by atoms with E-state index in [0.717, 1.165) is 29.2 Å². The molecule has 4 rings (SSSR count). The van der Waals surface area contributed by atoms with Crippen LogP contribution in [-0.2, 0) is 11.3 Å². The summed E-state index contributed by atoms with van der Waals surface area (Å²) in [4.78, 5) is 14.6. The highest BCUT2D eigenvalue weighted by Gasteiger charge is 2.22. The molecule has 0 saturated carbocycles. The Hall–Kier alpha value is -3.21. The molecule has 0 fully saturated rings. The number of carbonyl (C=O) groups is 1. The van der Waals surface area contributed by atoms with Crippen LogP contribution in [0.2, 0.25) is 0 Å². The normalized spacial score (nSPS) is 12.3. The van der Waals surface area contributed by atoms with Crippen LogP contribution in [0.25, 0.3) is 10.8 Å². The summed E-state index contributed by atoms with van der Waals surface area (Å²) < 4.78 is 10.8. The largest absolute Gasteiger partial charge is 0.505 e. The van der Waals surface area contributed by atoms with E-state index in [4.69, 9.17) is 9.47 Å². The molecule has 1 heterocycles. The Morgan fingerprint density at radius 2 is 1.89 bits per heavy atom. The standard InChI is InChI=1S/C23H23NO4/c1-2-3-8-22(25)24(14-16-9-12-20-21(13-16)28-15-27-20)19-11-10-17-6-4-5-7-18(17)23(19)26/h4-7,9-13,26H,2-3,8,14-15H2,1H3. The minimum atomic E-state index is -0.00917. The van der Waals surface area contributed by atoms with Gasteiger partial charge in [-0.3, -0.25) is 4.79 Å². The van der Waals surface area contributed by atoms with Gasteiger partial charge in [-0.25, -0.2) is 0 Å². The van der Waals surface area contributed by atoms with Gasteiger partial charge in [-0.05, 0) is 35.6 Å². The van der Waals surface area contributed by atoms with E-state index in [-0.39, 0.29) is 18.4 Å². The SMILES string of the molecule is CCCCC(=O)N(Cc1ccc2c(c1)OCO2)c1ccc2ccccc2c1O. The zero-order valence-electron chi connectivity index (χ0n) is 15.9. The first kappa shape index (κ1) is 18.2. The number of anilines is 1. The van der Waals surface area contributed by atoms with Crippen molar-refractivity contribution in [2.75, 3.05) is 11.7 Å². The van der Waals surface area contributed by atoms with Crippen LogP contribution in [-0.4, -0.2) is 17.8 Å². The first-order valence-electron chi connectivity index (χ1n) is 9.57. The molecule has 0 atom stereocenters. The Balaban J connectivity index is 1.71. The molecule has 28 heavy (non-hydrogen) atoms. The van der Waals surface area contributed by atoms with E-state index >= 15 is 0 Å². The highest BCUT2D eigenvalue weighted by molar-refractivity contribution is 6.00. The van der Waals surface area contributed by atoms with Crippen LogP contribution >= 0.6 is 0 Å². The van der Waals surface area contributed by atoms with Crippen LogP contribution in [0.1, 0.15) is 31.7 Å². The summed E-state index contributed by atoms with van der Waals surface area (Å²) in [7, 11) is 0. The molecule has 0 spiro atoms. The van der Waals surface area contributed by atoms with Crippen molar-refractivity contribution in [1.82, 2.24) is 0 Å². The first-order chi connectivity index (χ1) is 13.7. The average Bonchev–Trinajstić information content (AvgIpc) is 3.19. The van der Waals surface area contributed by atoms with Gasteiger partial charge in [0.15, 0.2) is 11.5 Å². The van der Waals surface area contributed by atoms with Crippen molar-refractivity contribution in [3.63, 3.8) is 0 Å². The maximum Gasteiger partial charge on any atom is 0.231 e. The molecule has 144 valence electrons. The summed E-state index contributed by atoms with van der Waals surface area (Å²) in [6.07, 6.45) is 2.19. The fraction of sp³-hybridized carbons (Fsp3) is 0.261. The number of phenolic OH excluding ortho intramolecular Hbond substituents is 1. The summed E-state index contributed by atoms with van der Waals surface area (Å²) in [6, 6.07) is 17.0. The Morgan fingerprint density at radius 1 is 1.07 bits per heavy atom.